The zero-order chi connectivity index (χ0) is 10.8. The third-order valence-corrected chi connectivity index (χ3v) is 3.27. The van der Waals surface area contributed by atoms with Gasteiger partial charge in [0.1, 0.15) is 0 Å². The first-order valence-corrected chi connectivity index (χ1v) is 5.82. The van der Waals surface area contributed by atoms with Crippen molar-refractivity contribution in [3.63, 3.8) is 0 Å². The highest BCUT2D eigenvalue weighted by Gasteiger charge is 2.36. The molecule has 0 aromatic rings. The van der Waals surface area contributed by atoms with Gasteiger partial charge >= 0.3 is 0 Å². The van der Waals surface area contributed by atoms with Crippen molar-refractivity contribution in [2.24, 2.45) is 11.3 Å². The summed E-state index contributed by atoms with van der Waals surface area (Å²) >= 11 is 5.62. The van der Waals surface area contributed by atoms with E-state index in [1.807, 2.05) is 4.90 Å². The number of amides is 1. The molecule has 1 aliphatic heterocycles. The highest BCUT2D eigenvalue weighted by atomic mass is 35.5. The number of hydrogen-bond donors (Lipinski definition) is 0. The van der Waals surface area contributed by atoms with Gasteiger partial charge in [0.2, 0.25) is 5.91 Å². The molecule has 1 unspecified atom stereocenters. The molecule has 1 atom stereocenters. The minimum absolute atomic E-state index is 0.241. The lowest BCUT2D eigenvalue weighted by atomic mass is 9.80. The van der Waals surface area contributed by atoms with Crippen LogP contribution in [0.5, 0.6) is 0 Å². The van der Waals surface area contributed by atoms with Crippen LogP contribution in [0.4, 0.5) is 0 Å². The highest BCUT2D eigenvalue weighted by molar-refractivity contribution is 6.17. The first-order valence-electron chi connectivity index (χ1n) is 5.29. The van der Waals surface area contributed by atoms with Crippen LogP contribution < -0.4 is 0 Å². The Morgan fingerprint density at radius 3 is 2.57 bits per heavy atom. The molecule has 3 heteroatoms. The zero-order valence-corrected chi connectivity index (χ0v) is 10.1. The van der Waals surface area contributed by atoms with Gasteiger partial charge in [-0.05, 0) is 17.8 Å². The second-order valence-corrected chi connectivity index (χ2v) is 5.53. The predicted octanol–water partition coefficient (Wildman–Crippen LogP) is 2.51. The average Bonchev–Trinajstić information content (AvgIpc) is 2.43. The van der Waals surface area contributed by atoms with Gasteiger partial charge in [-0.15, -0.1) is 11.6 Å². The number of nitrogens with zero attached hydrogens (tertiary/aromatic N) is 1. The first kappa shape index (κ1) is 11.8. The van der Waals surface area contributed by atoms with Crippen molar-refractivity contribution in [2.75, 3.05) is 19.0 Å². The van der Waals surface area contributed by atoms with Crippen LogP contribution in [0.1, 0.15) is 33.6 Å². The summed E-state index contributed by atoms with van der Waals surface area (Å²) in [5, 5.41) is 0. The zero-order valence-electron chi connectivity index (χ0n) is 9.35. The molecule has 0 aromatic heterocycles. The molecule has 1 saturated heterocycles. The summed E-state index contributed by atoms with van der Waals surface area (Å²) < 4.78 is 0. The van der Waals surface area contributed by atoms with E-state index in [1.54, 1.807) is 0 Å². The van der Waals surface area contributed by atoms with E-state index in [4.69, 9.17) is 11.6 Å². The van der Waals surface area contributed by atoms with Crippen LogP contribution in [0, 0.1) is 11.3 Å². The van der Waals surface area contributed by atoms with Gasteiger partial charge in [0.25, 0.3) is 0 Å². The molecule has 0 radical (unpaired) electrons. The van der Waals surface area contributed by atoms with Gasteiger partial charge in [0.15, 0.2) is 0 Å². The molecule has 0 aromatic carbocycles. The Balaban J connectivity index is 2.47. The van der Waals surface area contributed by atoms with E-state index >= 15 is 0 Å². The molecule has 1 rings (SSSR count). The predicted molar refractivity (Wildman–Crippen MR) is 59.5 cm³/mol. The molecule has 0 N–H and O–H groups in total. The maximum atomic E-state index is 11.6. The highest BCUT2D eigenvalue weighted by Crippen LogP contribution is 2.34. The third kappa shape index (κ3) is 2.88. The van der Waals surface area contributed by atoms with Crippen molar-refractivity contribution in [2.45, 2.75) is 33.6 Å². The topological polar surface area (TPSA) is 20.3 Å². The Morgan fingerprint density at radius 1 is 1.50 bits per heavy atom. The summed E-state index contributed by atoms with van der Waals surface area (Å²) in [6.07, 6.45) is 1.62. The number of rotatable bonds is 3. The molecule has 1 aliphatic rings. The lowest BCUT2D eigenvalue weighted by molar-refractivity contribution is -0.127. The van der Waals surface area contributed by atoms with Crippen LogP contribution in [0.15, 0.2) is 0 Å². The average molecular weight is 218 g/mol. The minimum atomic E-state index is 0.241. The van der Waals surface area contributed by atoms with E-state index in [2.05, 4.69) is 20.8 Å². The van der Waals surface area contributed by atoms with Crippen molar-refractivity contribution in [1.82, 2.24) is 4.90 Å². The van der Waals surface area contributed by atoms with Crippen molar-refractivity contribution in [3.8, 4) is 0 Å². The Morgan fingerprint density at radius 2 is 2.14 bits per heavy atom. The van der Waals surface area contributed by atoms with Crippen LogP contribution in [0.25, 0.3) is 0 Å². The molecule has 2 nitrogen and oxygen atoms in total. The molecular formula is C11H20ClNO. The van der Waals surface area contributed by atoms with E-state index in [9.17, 15) is 4.79 Å². The molecule has 1 amide bonds. The summed E-state index contributed by atoms with van der Waals surface area (Å²) in [5.41, 5.74) is 0.241. The smallest absolute Gasteiger partial charge is 0.222 e. The maximum absolute atomic E-state index is 11.6. The summed E-state index contributed by atoms with van der Waals surface area (Å²) in [4.78, 5) is 13.6. The fourth-order valence-corrected chi connectivity index (χ4v) is 1.94. The maximum Gasteiger partial charge on any atom is 0.222 e. The monoisotopic (exact) mass is 217 g/mol. The minimum Gasteiger partial charge on any atom is -0.342 e. The number of halogens is 1. The molecule has 0 spiro atoms. The van der Waals surface area contributed by atoms with Crippen LogP contribution in [0.3, 0.4) is 0 Å². The van der Waals surface area contributed by atoms with Gasteiger partial charge in [0.05, 0.1) is 0 Å². The number of likely N-dealkylation sites (tertiary alicyclic amines) is 1. The number of carbonyl (C=O) groups excluding carboxylic acids is 1. The summed E-state index contributed by atoms with van der Waals surface area (Å²) in [5.74, 6) is 1.45. The second kappa shape index (κ2) is 4.52. The van der Waals surface area contributed by atoms with Crippen molar-refractivity contribution in [3.05, 3.63) is 0 Å². The fourth-order valence-electron chi connectivity index (χ4n) is 1.82. The summed E-state index contributed by atoms with van der Waals surface area (Å²) in [6.45, 7) is 8.36. The Labute approximate surface area is 91.6 Å². The molecular weight excluding hydrogens is 198 g/mol. The summed E-state index contributed by atoms with van der Waals surface area (Å²) in [6, 6.07) is 0. The lowest BCUT2D eigenvalue weighted by Gasteiger charge is -2.26. The van der Waals surface area contributed by atoms with E-state index in [1.165, 1.54) is 0 Å². The van der Waals surface area contributed by atoms with Crippen molar-refractivity contribution >= 4 is 17.5 Å². The molecule has 1 heterocycles. The molecule has 0 saturated carbocycles. The van der Waals surface area contributed by atoms with Crippen LogP contribution in [-0.2, 0) is 4.79 Å². The SMILES string of the molecule is CC(C)(C)C1CC(=O)N(CCCCl)C1. The van der Waals surface area contributed by atoms with Gasteiger partial charge in [-0.25, -0.2) is 0 Å². The van der Waals surface area contributed by atoms with Crippen LogP contribution in [-0.4, -0.2) is 29.8 Å². The van der Waals surface area contributed by atoms with Crippen LogP contribution >= 0.6 is 11.6 Å². The lowest BCUT2D eigenvalue weighted by Crippen LogP contribution is -2.28. The van der Waals surface area contributed by atoms with Gasteiger partial charge < -0.3 is 4.90 Å². The van der Waals surface area contributed by atoms with Crippen LogP contribution in [0.2, 0.25) is 0 Å². The Hall–Kier alpha value is -0.240. The molecule has 82 valence electrons. The largest absolute Gasteiger partial charge is 0.342 e. The summed E-state index contributed by atoms with van der Waals surface area (Å²) in [7, 11) is 0. The quantitative estimate of drug-likeness (QED) is 0.666. The van der Waals surface area contributed by atoms with Gasteiger partial charge in [-0.1, -0.05) is 20.8 Å². The van der Waals surface area contributed by atoms with Gasteiger partial charge in [0, 0.05) is 25.4 Å². The number of carbonyl (C=O) groups is 1. The normalized spacial score (nSPS) is 23.3. The molecule has 14 heavy (non-hydrogen) atoms. The second-order valence-electron chi connectivity index (χ2n) is 5.15. The van der Waals surface area contributed by atoms with E-state index in [0.717, 1.165) is 19.5 Å². The fraction of sp³-hybridized carbons (Fsp3) is 0.909. The first-order chi connectivity index (χ1) is 6.45. The third-order valence-electron chi connectivity index (χ3n) is 3.00. The van der Waals surface area contributed by atoms with Gasteiger partial charge in [-0.3, -0.25) is 4.79 Å². The van der Waals surface area contributed by atoms with Gasteiger partial charge in [-0.2, -0.15) is 0 Å². The van der Waals surface area contributed by atoms with Crippen molar-refractivity contribution < 1.29 is 4.79 Å². The molecule has 1 fully saturated rings. The van der Waals surface area contributed by atoms with E-state index in [0.29, 0.717) is 24.1 Å². The molecule has 0 bridgehead atoms. The Kier molecular flexibility index (Phi) is 3.82. The Bertz CT molecular complexity index is 210. The number of alkyl halides is 1. The van der Waals surface area contributed by atoms with E-state index in [-0.39, 0.29) is 5.41 Å². The number of hydrogen-bond acceptors (Lipinski definition) is 1. The standard InChI is InChI=1S/C11H20ClNO/c1-11(2,3)9-7-10(14)13(8-9)6-4-5-12/h9H,4-8H2,1-3H3. The molecule has 0 aliphatic carbocycles. The van der Waals surface area contributed by atoms with E-state index < -0.39 is 0 Å². The van der Waals surface area contributed by atoms with Crippen molar-refractivity contribution in [1.29, 1.82) is 0 Å².